The highest BCUT2D eigenvalue weighted by Gasteiger charge is 2.14. The van der Waals surface area contributed by atoms with Gasteiger partial charge < -0.3 is 10.1 Å². The van der Waals surface area contributed by atoms with E-state index in [9.17, 15) is 4.79 Å². The summed E-state index contributed by atoms with van der Waals surface area (Å²) in [5.74, 6) is 1.03. The highest BCUT2D eigenvalue weighted by Crippen LogP contribution is 2.02. The molecule has 1 atom stereocenters. The third-order valence-electron chi connectivity index (χ3n) is 1.84. The van der Waals surface area contributed by atoms with E-state index in [4.69, 9.17) is 4.74 Å². The van der Waals surface area contributed by atoms with Gasteiger partial charge >= 0.3 is 0 Å². The number of carbonyl (C=O) groups excluding carboxylic acids is 1. The highest BCUT2D eigenvalue weighted by molar-refractivity contribution is 7.80. The highest BCUT2D eigenvalue weighted by atomic mass is 32.1. The monoisotopic (exact) mass is 205 g/mol. The zero-order valence-electron chi connectivity index (χ0n) is 8.54. The number of methoxy groups -OCH3 is 1. The van der Waals surface area contributed by atoms with Gasteiger partial charge in [-0.1, -0.05) is 13.8 Å². The molecule has 1 amide bonds. The molecule has 0 rings (SSSR count). The van der Waals surface area contributed by atoms with Crippen molar-refractivity contribution in [1.82, 2.24) is 5.32 Å². The Bertz CT molecular complexity index is 151. The number of ether oxygens (including phenoxy) is 1. The lowest BCUT2D eigenvalue weighted by Crippen LogP contribution is -2.41. The van der Waals surface area contributed by atoms with Gasteiger partial charge in [-0.05, 0) is 11.7 Å². The summed E-state index contributed by atoms with van der Waals surface area (Å²) in [6, 6.07) is 0.109. The van der Waals surface area contributed by atoms with E-state index < -0.39 is 0 Å². The fourth-order valence-corrected chi connectivity index (χ4v) is 1.16. The Balaban J connectivity index is 3.86. The summed E-state index contributed by atoms with van der Waals surface area (Å²) < 4.78 is 5.01. The minimum atomic E-state index is 0.0470. The van der Waals surface area contributed by atoms with E-state index in [1.807, 2.05) is 0 Å². The molecule has 4 heteroatoms. The quantitative estimate of drug-likeness (QED) is 0.637. The van der Waals surface area contributed by atoms with Gasteiger partial charge in [0.25, 0.3) is 0 Å². The van der Waals surface area contributed by atoms with Crippen LogP contribution in [0, 0.1) is 5.92 Å². The molecular formula is C9H19NO2S. The molecule has 0 aromatic rings. The van der Waals surface area contributed by atoms with Crippen LogP contribution in [0.4, 0.5) is 0 Å². The normalized spacial score (nSPS) is 13.0. The van der Waals surface area contributed by atoms with E-state index in [0.717, 1.165) is 0 Å². The van der Waals surface area contributed by atoms with Crippen LogP contribution in [0.3, 0.4) is 0 Å². The Labute approximate surface area is 85.6 Å². The summed E-state index contributed by atoms with van der Waals surface area (Å²) in [5, 5.41) is 2.91. The summed E-state index contributed by atoms with van der Waals surface area (Å²) in [4.78, 5) is 11.2. The van der Waals surface area contributed by atoms with Gasteiger partial charge in [0.15, 0.2) is 0 Å². The van der Waals surface area contributed by atoms with Crippen LogP contribution >= 0.6 is 12.6 Å². The number of rotatable bonds is 6. The van der Waals surface area contributed by atoms with Crippen molar-refractivity contribution in [2.45, 2.75) is 26.3 Å². The van der Waals surface area contributed by atoms with E-state index in [0.29, 0.717) is 24.7 Å². The number of thiol groups is 1. The molecule has 0 bridgehead atoms. The van der Waals surface area contributed by atoms with Gasteiger partial charge in [-0.3, -0.25) is 4.79 Å². The molecule has 0 aromatic carbocycles. The van der Waals surface area contributed by atoms with Gasteiger partial charge in [0.2, 0.25) is 5.91 Å². The number of carbonyl (C=O) groups is 1. The molecule has 13 heavy (non-hydrogen) atoms. The van der Waals surface area contributed by atoms with E-state index in [1.54, 1.807) is 7.11 Å². The molecule has 1 unspecified atom stereocenters. The van der Waals surface area contributed by atoms with Gasteiger partial charge in [0, 0.05) is 13.5 Å². The van der Waals surface area contributed by atoms with Crippen molar-refractivity contribution < 1.29 is 9.53 Å². The van der Waals surface area contributed by atoms with Gasteiger partial charge in [-0.25, -0.2) is 0 Å². The van der Waals surface area contributed by atoms with Crippen LogP contribution in [0.5, 0.6) is 0 Å². The average Bonchev–Trinajstić information content (AvgIpc) is 2.04. The third kappa shape index (κ3) is 5.93. The van der Waals surface area contributed by atoms with Crippen molar-refractivity contribution in [2.24, 2.45) is 5.92 Å². The maximum atomic E-state index is 11.2. The zero-order valence-corrected chi connectivity index (χ0v) is 9.43. The lowest BCUT2D eigenvalue weighted by molar-refractivity contribution is -0.122. The van der Waals surface area contributed by atoms with Gasteiger partial charge in [-0.2, -0.15) is 12.6 Å². The standard InChI is InChI=1S/C9H19NO2S/c1-7(2)8(6-12-3)10-9(11)4-5-13/h7-8,13H,4-6H2,1-3H3,(H,10,11). The summed E-state index contributed by atoms with van der Waals surface area (Å²) in [6.45, 7) is 4.69. The summed E-state index contributed by atoms with van der Waals surface area (Å²) in [6.07, 6.45) is 0.468. The summed E-state index contributed by atoms with van der Waals surface area (Å²) >= 11 is 3.99. The van der Waals surface area contributed by atoms with Crippen LogP contribution in [-0.2, 0) is 9.53 Å². The maximum absolute atomic E-state index is 11.2. The molecule has 0 saturated carbocycles. The van der Waals surface area contributed by atoms with Crippen molar-refractivity contribution >= 4 is 18.5 Å². The van der Waals surface area contributed by atoms with Crippen LogP contribution in [0.25, 0.3) is 0 Å². The molecule has 0 radical (unpaired) electrons. The molecule has 0 aliphatic heterocycles. The Hall–Kier alpha value is -0.220. The van der Waals surface area contributed by atoms with Crippen molar-refractivity contribution in [3.05, 3.63) is 0 Å². The Morgan fingerprint density at radius 3 is 2.54 bits per heavy atom. The van der Waals surface area contributed by atoms with Crippen LogP contribution in [-0.4, -0.2) is 31.4 Å². The predicted octanol–water partition coefficient (Wildman–Crippen LogP) is 1.09. The fourth-order valence-electron chi connectivity index (χ4n) is 0.961. The minimum absolute atomic E-state index is 0.0470. The Morgan fingerprint density at radius 1 is 1.54 bits per heavy atom. The molecule has 0 fully saturated rings. The number of amides is 1. The van der Waals surface area contributed by atoms with E-state index in [-0.39, 0.29) is 11.9 Å². The molecule has 0 spiro atoms. The predicted molar refractivity (Wildman–Crippen MR) is 57.1 cm³/mol. The first-order valence-electron chi connectivity index (χ1n) is 4.51. The second-order valence-corrected chi connectivity index (χ2v) is 3.79. The minimum Gasteiger partial charge on any atom is -0.383 e. The van der Waals surface area contributed by atoms with E-state index in [2.05, 4.69) is 31.8 Å². The van der Waals surface area contributed by atoms with Crippen LogP contribution in [0.15, 0.2) is 0 Å². The van der Waals surface area contributed by atoms with Crippen molar-refractivity contribution in [3.8, 4) is 0 Å². The first-order chi connectivity index (χ1) is 6.11. The van der Waals surface area contributed by atoms with Crippen LogP contribution in [0.1, 0.15) is 20.3 Å². The molecule has 0 aromatic heterocycles. The van der Waals surface area contributed by atoms with Gasteiger partial charge in [0.1, 0.15) is 0 Å². The van der Waals surface area contributed by atoms with Crippen LogP contribution in [0.2, 0.25) is 0 Å². The number of hydrogen-bond donors (Lipinski definition) is 2. The second-order valence-electron chi connectivity index (χ2n) is 3.35. The zero-order chi connectivity index (χ0) is 10.3. The smallest absolute Gasteiger partial charge is 0.221 e. The molecule has 78 valence electrons. The molecule has 1 N–H and O–H groups in total. The lowest BCUT2D eigenvalue weighted by atomic mass is 10.1. The van der Waals surface area contributed by atoms with Crippen LogP contribution < -0.4 is 5.32 Å². The molecule has 3 nitrogen and oxygen atoms in total. The van der Waals surface area contributed by atoms with E-state index in [1.165, 1.54) is 0 Å². The fraction of sp³-hybridized carbons (Fsp3) is 0.889. The number of nitrogens with one attached hydrogen (secondary N) is 1. The molecule has 0 heterocycles. The SMILES string of the molecule is COCC(NC(=O)CCS)C(C)C. The summed E-state index contributed by atoms with van der Waals surface area (Å²) in [7, 11) is 1.64. The number of hydrogen-bond acceptors (Lipinski definition) is 3. The third-order valence-corrected chi connectivity index (χ3v) is 2.06. The molecule has 0 saturated heterocycles. The molecular weight excluding hydrogens is 186 g/mol. The molecule has 0 aliphatic carbocycles. The Morgan fingerprint density at radius 2 is 2.15 bits per heavy atom. The van der Waals surface area contributed by atoms with Gasteiger partial charge in [-0.15, -0.1) is 0 Å². The molecule has 0 aliphatic rings. The maximum Gasteiger partial charge on any atom is 0.221 e. The summed E-state index contributed by atoms with van der Waals surface area (Å²) in [5.41, 5.74) is 0. The van der Waals surface area contributed by atoms with Crippen molar-refractivity contribution in [1.29, 1.82) is 0 Å². The largest absolute Gasteiger partial charge is 0.383 e. The first-order valence-corrected chi connectivity index (χ1v) is 5.14. The van der Waals surface area contributed by atoms with Crippen molar-refractivity contribution in [3.63, 3.8) is 0 Å². The first kappa shape index (κ1) is 12.8. The Kier molecular flexibility index (Phi) is 7.09. The van der Waals surface area contributed by atoms with Crippen molar-refractivity contribution in [2.75, 3.05) is 19.5 Å². The lowest BCUT2D eigenvalue weighted by Gasteiger charge is -2.21. The topological polar surface area (TPSA) is 38.3 Å². The van der Waals surface area contributed by atoms with E-state index >= 15 is 0 Å². The average molecular weight is 205 g/mol. The van der Waals surface area contributed by atoms with Gasteiger partial charge in [0.05, 0.1) is 12.6 Å². The second kappa shape index (κ2) is 7.21.